The van der Waals surface area contributed by atoms with Gasteiger partial charge in [-0.15, -0.1) is 11.3 Å². The standard InChI is InChI=1S/C20H17NO6S2/c1-13-4-6-14(7-5-13)18(23)12-27-20(24)16-11-15(8-9-17(16)22)21-29(25,26)19-3-2-10-28-19/h2-11,21-22H,12H2,1H3. The number of carbonyl (C=O) groups is 2. The lowest BCUT2D eigenvalue weighted by atomic mass is 10.1. The van der Waals surface area contributed by atoms with Gasteiger partial charge in [-0.05, 0) is 36.6 Å². The number of aromatic hydroxyl groups is 1. The van der Waals surface area contributed by atoms with Gasteiger partial charge in [0, 0.05) is 11.3 Å². The van der Waals surface area contributed by atoms with Crippen LogP contribution in [0.3, 0.4) is 0 Å². The van der Waals surface area contributed by atoms with Crippen molar-refractivity contribution in [3.05, 3.63) is 76.7 Å². The topological polar surface area (TPSA) is 110 Å². The molecule has 0 radical (unpaired) electrons. The van der Waals surface area contributed by atoms with E-state index in [2.05, 4.69) is 4.72 Å². The van der Waals surface area contributed by atoms with Crippen LogP contribution in [0, 0.1) is 6.92 Å². The summed E-state index contributed by atoms with van der Waals surface area (Å²) in [6, 6.07) is 13.5. The smallest absolute Gasteiger partial charge is 0.342 e. The molecule has 3 aromatic rings. The molecule has 0 aliphatic rings. The zero-order chi connectivity index (χ0) is 21.0. The van der Waals surface area contributed by atoms with Crippen molar-refractivity contribution in [1.29, 1.82) is 0 Å². The van der Waals surface area contributed by atoms with E-state index in [4.69, 9.17) is 4.74 Å². The highest BCUT2D eigenvalue weighted by Gasteiger charge is 2.19. The Labute approximate surface area is 171 Å². The lowest BCUT2D eigenvalue weighted by molar-refractivity contribution is 0.0472. The summed E-state index contributed by atoms with van der Waals surface area (Å²) in [6.45, 7) is 1.38. The van der Waals surface area contributed by atoms with Crippen LogP contribution in [-0.2, 0) is 14.8 Å². The maximum absolute atomic E-state index is 12.3. The van der Waals surface area contributed by atoms with Gasteiger partial charge in [0.05, 0.1) is 0 Å². The number of rotatable bonds is 7. The van der Waals surface area contributed by atoms with E-state index in [1.807, 2.05) is 6.92 Å². The first-order valence-corrected chi connectivity index (χ1v) is 10.8. The second kappa shape index (κ2) is 8.46. The Morgan fingerprint density at radius 1 is 1.10 bits per heavy atom. The fourth-order valence-electron chi connectivity index (χ4n) is 2.42. The first kappa shape index (κ1) is 20.6. The van der Waals surface area contributed by atoms with Crippen molar-refractivity contribution < 1.29 is 27.9 Å². The van der Waals surface area contributed by atoms with E-state index in [9.17, 15) is 23.1 Å². The van der Waals surface area contributed by atoms with Crippen molar-refractivity contribution >= 4 is 38.8 Å². The molecule has 0 fully saturated rings. The highest BCUT2D eigenvalue weighted by Crippen LogP contribution is 2.25. The molecule has 0 saturated heterocycles. The number of aryl methyl sites for hydroxylation is 1. The Balaban J connectivity index is 1.71. The molecule has 1 heterocycles. The number of Topliss-reactive ketones (excluding diaryl/α,β-unsaturated/α-hetero) is 1. The molecule has 2 aromatic carbocycles. The lowest BCUT2D eigenvalue weighted by Crippen LogP contribution is -2.15. The van der Waals surface area contributed by atoms with Crippen LogP contribution in [0.4, 0.5) is 5.69 Å². The summed E-state index contributed by atoms with van der Waals surface area (Å²) in [5.41, 5.74) is 1.21. The summed E-state index contributed by atoms with van der Waals surface area (Å²) >= 11 is 1.04. The second-order valence-electron chi connectivity index (χ2n) is 6.13. The Bertz CT molecular complexity index is 1140. The minimum absolute atomic E-state index is 0.0769. The van der Waals surface area contributed by atoms with Crippen LogP contribution in [0.5, 0.6) is 5.75 Å². The normalized spacial score (nSPS) is 11.1. The number of phenolic OH excluding ortho intramolecular Hbond substituents is 1. The van der Waals surface area contributed by atoms with E-state index >= 15 is 0 Å². The van der Waals surface area contributed by atoms with Crippen molar-refractivity contribution in [2.45, 2.75) is 11.1 Å². The average molecular weight is 431 g/mol. The molecule has 2 N–H and O–H groups in total. The van der Waals surface area contributed by atoms with Gasteiger partial charge in [0.1, 0.15) is 15.5 Å². The fraction of sp³-hybridized carbons (Fsp3) is 0.100. The van der Waals surface area contributed by atoms with Crippen molar-refractivity contribution in [2.75, 3.05) is 11.3 Å². The minimum atomic E-state index is -3.81. The van der Waals surface area contributed by atoms with Crippen LogP contribution in [-0.4, -0.2) is 31.9 Å². The van der Waals surface area contributed by atoms with Crippen LogP contribution >= 0.6 is 11.3 Å². The maximum atomic E-state index is 12.3. The van der Waals surface area contributed by atoms with E-state index in [1.165, 1.54) is 18.2 Å². The van der Waals surface area contributed by atoms with E-state index in [0.29, 0.717) is 5.56 Å². The third-order valence-electron chi connectivity index (χ3n) is 3.94. The van der Waals surface area contributed by atoms with Gasteiger partial charge in [0.25, 0.3) is 10.0 Å². The molecule has 0 spiro atoms. The summed E-state index contributed by atoms with van der Waals surface area (Å²) in [5, 5.41) is 11.6. The molecule has 0 aliphatic heterocycles. The van der Waals surface area contributed by atoms with Crippen LogP contribution in [0.2, 0.25) is 0 Å². The average Bonchev–Trinajstić information content (AvgIpc) is 3.23. The molecule has 0 saturated carbocycles. The van der Waals surface area contributed by atoms with Gasteiger partial charge >= 0.3 is 5.97 Å². The molecule has 29 heavy (non-hydrogen) atoms. The Hall–Kier alpha value is -3.17. The molecule has 0 amide bonds. The summed E-state index contributed by atoms with van der Waals surface area (Å²) in [5.74, 6) is -1.73. The fourth-order valence-corrected chi connectivity index (χ4v) is 4.46. The third kappa shape index (κ3) is 5.01. The number of ketones is 1. The maximum Gasteiger partial charge on any atom is 0.342 e. The van der Waals surface area contributed by atoms with Crippen molar-refractivity contribution in [3.8, 4) is 5.75 Å². The number of esters is 1. The van der Waals surface area contributed by atoms with Gasteiger partial charge in [-0.25, -0.2) is 13.2 Å². The van der Waals surface area contributed by atoms with Crippen molar-refractivity contribution in [2.24, 2.45) is 0 Å². The van der Waals surface area contributed by atoms with Gasteiger partial charge < -0.3 is 9.84 Å². The Morgan fingerprint density at radius 3 is 2.48 bits per heavy atom. The van der Waals surface area contributed by atoms with Crippen LogP contribution in [0.25, 0.3) is 0 Å². The number of phenols is 1. The molecule has 7 nitrogen and oxygen atoms in total. The predicted octanol–water partition coefficient (Wildman–Crippen LogP) is 3.60. The highest BCUT2D eigenvalue weighted by molar-refractivity contribution is 7.94. The van der Waals surface area contributed by atoms with Crippen LogP contribution in [0.1, 0.15) is 26.3 Å². The number of carbonyl (C=O) groups excluding carboxylic acids is 2. The van der Waals surface area contributed by atoms with Gasteiger partial charge in [-0.3, -0.25) is 9.52 Å². The number of thiophene rings is 1. The number of nitrogens with one attached hydrogen (secondary N) is 1. The lowest BCUT2D eigenvalue weighted by Gasteiger charge is -2.10. The minimum Gasteiger partial charge on any atom is -0.507 e. The SMILES string of the molecule is Cc1ccc(C(=O)COC(=O)c2cc(NS(=O)(=O)c3cccs3)ccc2O)cc1. The zero-order valence-electron chi connectivity index (χ0n) is 15.3. The predicted molar refractivity (Wildman–Crippen MR) is 109 cm³/mol. The monoisotopic (exact) mass is 431 g/mol. The Kier molecular flexibility index (Phi) is 6.00. The van der Waals surface area contributed by atoms with E-state index in [-0.39, 0.29) is 15.5 Å². The Morgan fingerprint density at radius 2 is 1.83 bits per heavy atom. The molecule has 0 aliphatic carbocycles. The number of sulfonamides is 1. The number of benzene rings is 2. The molecule has 150 valence electrons. The summed E-state index contributed by atoms with van der Waals surface area (Å²) in [6.07, 6.45) is 0. The number of ether oxygens (including phenoxy) is 1. The molecular formula is C20H17NO6S2. The quantitative estimate of drug-likeness (QED) is 0.336. The zero-order valence-corrected chi connectivity index (χ0v) is 16.9. The van der Waals surface area contributed by atoms with E-state index in [1.54, 1.807) is 35.7 Å². The molecule has 3 rings (SSSR count). The van der Waals surface area contributed by atoms with Crippen molar-refractivity contribution in [3.63, 3.8) is 0 Å². The van der Waals surface area contributed by atoms with Crippen LogP contribution < -0.4 is 4.72 Å². The number of anilines is 1. The van der Waals surface area contributed by atoms with E-state index < -0.39 is 34.1 Å². The van der Waals surface area contributed by atoms with Crippen molar-refractivity contribution in [1.82, 2.24) is 0 Å². The molecule has 9 heteroatoms. The van der Waals surface area contributed by atoms with Gasteiger partial charge in [-0.1, -0.05) is 35.9 Å². The summed E-state index contributed by atoms with van der Waals surface area (Å²) < 4.78 is 32.0. The number of hydrogen-bond donors (Lipinski definition) is 2. The first-order valence-electron chi connectivity index (χ1n) is 8.42. The van der Waals surface area contributed by atoms with Crippen LogP contribution in [0.15, 0.2) is 64.2 Å². The molecule has 1 aromatic heterocycles. The van der Waals surface area contributed by atoms with Gasteiger partial charge in [-0.2, -0.15) is 0 Å². The van der Waals surface area contributed by atoms with E-state index in [0.717, 1.165) is 23.0 Å². The second-order valence-corrected chi connectivity index (χ2v) is 8.99. The summed E-state index contributed by atoms with van der Waals surface area (Å²) in [7, 11) is -3.81. The number of hydrogen-bond acceptors (Lipinski definition) is 7. The molecule has 0 unspecified atom stereocenters. The molecular weight excluding hydrogens is 414 g/mol. The summed E-state index contributed by atoms with van der Waals surface area (Å²) in [4.78, 5) is 24.4. The van der Waals surface area contributed by atoms with Gasteiger partial charge in [0.2, 0.25) is 0 Å². The molecule has 0 bridgehead atoms. The van der Waals surface area contributed by atoms with Gasteiger partial charge in [0.15, 0.2) is 12.4 Å². The largest absolute Gasteiger partial charge is 0.507 e. The first-order chi connectivity index (χ1) is 13.8. The third-order valence-corrected chi connectivity index (χ3v) is 6.72. The molecule has 0 atom stereocenters. The highest BCUT2D eigenvalue weighted by atomic mass is 32.2.